The van der Waals surface area contributed by atoms with Gasteiger partial charge in [0.05, 0.1) is 0 Å². The second-order valence-electron chi connectivity index (χ2n) is 5.44. The van der Waals surface area contributed by atoms with Crippen LogP contribution in [0.1, 0.15) is 34.3 Å². The third-order valence-electron chi connectivity index (χ3n) is 4.00. The number of alkyl halides is 3. The van der Waals surface area contributed by atoms with E-state index in [0.29, 0.717) is 12.1 Å². The van der Waals surface area contributed by atoms with Gasteiger partial charge in [0.2, 0.25) is 0 Å². The summed E-state index contributed by atoms with van der Waals surface area (Å²) in [6, 6.07) is 5.12. The molecule has 1 fully saturated rings. The first-order chi connectivity index (χ1) is 9.41. The number of carbonyl (C=O) groups excluding carboxylic acids is 1. The van der Waals surface area contributed by atoms with Crippen molar-refractivity contribution in [3.05, 3.63) is 34.9 Å². The van der Waals surface area contributed by atoms with E-state index >= 15 is 0 Å². The van der Waals surface area contributed by atoms with Gasteiger partial charge >= 0.3 is 6.18 Å². The predicted octanol–water partition coefficient (Wildman–Crippen LogP) is 2.16. The highest BCUT2D eigenvalue weighted by atomic mass is 19.4. The lowest BCUT2D eigenvalue weighted by molar-refractivity contribution is -0.163. The monoisotopic (exact) mass is 284 g/mol. The highest BCUT2D eigenvalue weighted by Crippen LogP contribution is 2.49. The maximum absolute atomic E-state index is 12.8. The van der Waals surface area contributed by atoms with Gasteiger partial charge in [-0.2, -0.15) is 13.2 Å². The number of hydrogen-bond acceptors (Lipinski definition) is 2. The van der Waals surface area contributed by atoms with Gasteiger partial charge in [0.1, 0.15) is 5.54 Å². The summed E-state index contributed by atoms with van der Waals surface area (Å²) in [6.07, 6.45) is -3.56. The predicted molar refractivity (Wildman–Crippen MR) is 67.3 cm³/mol. The zero-order chi connectivity index (χ0) is 14.4. The highest BCUT2D eigenvalue weighted by molar-refractivity contribution is 5.95. The summed E-state index contributed by atoms with van der Waals surface area (Å²) in [6.45, 7) is 1.54. The molecule has 1 aliphatic carbocycles. The molecule has 2 N–H and O–H groups in total. The SMILES string of the molecule is O=C(NC1(C(F)(F)F)CC1)c1ccc2c(c1)CNCC2. The molecule has 1 saturated carbocycles. The fourth-order valence-corrected chi connectivity index (χ4v) is 2.52. The number of halogens is 3. The minimum absolute atomic E-state index is 0.0330. The highest BCUT2D eigenvalue weighted by Gasteiger charge is 2.64. The van der Waals surface area contributed by atoms with Gasteiger partial charge in [-0.1, -0.05) is 6.07 Å². The van der Waals surface area contributed by atoms with Gasteiger partial charge in [0, 0.05) is 12.1 Å². The van der Waals surface area contributed by atoms with E-state index in [0.717, 1.165) is 24.1 Å². The Balaban J connectivity index is 1.78. The molecule has 1 aromatic rings. The van der Waals surface area contributed by atoms with Gasteiger partial charge in [-0.15, -0.1) is 0 Å². The van der Waals surface area contributed by atoms with Gasteiger partial charge < -0.3 is 10.6 Å². The van der Waals surface area contributed by atoms with E-state index in [1.54, 1.807) is 12.1 Å². The van der Waals surface area contributed by atoms with E-state index in [-0.39, 0.29) is 12.8 Å². The van der Waals surface area contributed by atoms with E-state index in [9.17, 15) is 18.0 Å². The fourth-order valence-electron chi connectivity index (χ4n) is 2.52. The second-order valence-corrected chi connectivity index (χ2v) is 5.44. The number of amides is 1. The van der Waals surface area contributed by atoms with Crippen LogP contribution >= 0.6 is 0 Å². The molecule has 3 nitrogen and oxygen atoms in total. The van der Waals surface area contributed by atoms with E-state index in [1.165, 1.54) is 0 Å². The summed E-state index contributed by atoms with van der Waals surface area (Å²) in [4.78, 5) is 12.0. The molecule has 108 valence electrons. The first-order valence-electron chi connectivity index (χ1n) is 6.63. The van der Waals surface area contributed by atoms with Crippen molar-refractivity contribution in [2.75, 3.05) is 6.54 Å². The Labute approximate surface area is 114 Å². The minimum Gasteiger partial charge on any atom is -0.338 e. The lowest BCUT2D eigenvalue weighted by atomic mass is 9.98. The van der Waals surface area contributed by atoms with Gasteiger partial charge in [0.25, 0.3) is 5.91 Å². The van der Waals surface area contributed by atoms with Crippen LogP contribution in [0.25, 0.3) is 0 Å². The molecular weight excluding hydrogens is 269 g/mol. The van der Waals surface area contributed by atoms with Crippen LogP contribution in [0.2, 0.25) is 0 Å². The summed E-state index contributed by atoms with van der Waals surface area (Å²) in [5.74, 6) is -0.645. The maximum Gasteiger partial charge on any atom is 0.411 e. The number of hydrogen-bond donors (Lipinski definition) is 2. The Kier molecular flexibility index (Phi) is 3.01. The molecule has 6 heteroatoms. The molecule has 0 unspecified atom stereocenters. The van der Waals surface area contributed by atoms with Crippen molar-refractivity contribution >= 4 is 5.91 Å². The van der Waals surface area contributed by atoms with Crippen LogP contribution in [0.5, 0.6) is 0 Å². The number of nitrogens with one attached hydrogen (secondary N) is 2. The van der Waals surface area contributed by atoms with Crippen molar-refractivity contribution in [1.82, 2.24) is 10.6 Å². The Morgan fingerprint density at radius 3 is 2.65 bits per heavy atom. The lowest BCUT2D eigenvalue weighted by Crippen LogP contribution is -2.47. The van der Waals surface area contributed by atoms with Crippen LogP contribution in [0.4, 0.5) is 13.2 Å². The first-order valence-corrected chi connectivity index (χ1v) is 6.63. The molecule has 1 aromatic carbocycles. The quantitative estimate of drug-likeness (QED) is 0.874. The molecule has 20 heavy (non-hydrogen) atoms. The topological polar surface area (TPSA) is 41.1 Å². The maximum atomic E-state index is 12.8. The number of fused-ring (bicyclic) bond motifs is 1. The summed E-state index contributed by atoms with van der Waals surface area (Å²) >= 11 is 0. The molecule has 0 atom stereocenters. The lowest BCUT2D eigenvalue weighted by Gasteiger charge is -2.22. The van der Waals surface area contributed by atoms with Gasteiger partial charge in [0.15, 0.2) is 0 Å². The first kappa shape index (κ1) is 13.4. The second kappa shape index (κ2) is 4.48. The van der Waals surface area contributed by atoms with Gasteiger partial charge in [-0.3, -0.25) is 4.79 Å². The largest absolute Gasteiger partial charge is 0.411 e. The van der Waals surface area contributed by atoms with E-state index in [2.05, 4.69) is 10.6 Å². The molecule has 0 bridgehead atoms. The van der Waals surface area contributed by atoms with Crippen molar-refractivity contribution in [3.8, 4) is 0 Å². The van der Waals surface area contributed by atoms with E-state index in [4.69, 9.17) is 0 Å². The van der Waals surface area contributed by atoms with Crippen LogP contribution in [0.15, 0.2) is 18.2 Å². The van der Waals surface area contributed by atoms with Crippen LogP contribution in [0.3, 0.4) is 0 Å². The van der Waals surface area contributed by atoms with Crippen LogP contribution in [-0.2, 0) is 13.0 Å². The normalized spacial score (nSPS) is 20.1. The van der Waals surface area contributed by atoms with Crippen LogP contribution in [-0.4, -0.2) is 24.2 Å². The average molecular weight is 284 g/mol. The molecule has 2 aliphatic rings. The minimum atomic E-state index is -4.38. The summed E-state index contributed by atoms with van der Waals surface area (Å²) < 4.78 is 38.5. The molecular formula is C14H15F3N2O. The van der Waals surface area contributed by atoms with Gasteiger partial charge in [-0.05, 0) is 49.1 Å². The van der Waals surface area contributed by atoms with Crippen LogP contribution in [0, 0.1) is 0 Å². The third kappa shape index (κ3) is 2.28. The molecule has 3 rings (SSSR count). The van der Waals surface area contributed by atoms with Gasteiger partial charge in [-0.25, -0.2) is 0 Å². The molecule has 1 heterocycles. The van der Waals surface area contributed by atoms with Crippen molar-refractivity contribution in [1.29, 1.82) is 0 Å². The molecule has 0 spiro atoms. The Morgan fingerprint density at radius 2 is 2.00 bits per heavy atom. The third-order valence-corrected chi connectivity index (χ3v) is 4.00. The van der Waals surface area contributed by atoms with Crippen molar-refractivity contribution in [2.45, 2.75) is 37.5 Å². The summed E-state index contributed by atoms with van der Waals surface area (Å²) in [5, 5.41) is 5.33. The number of carbonyl (C=O) groups is 1. The summed E-state index contributed by atoms with van der Waals surface area (Å²) in [5.41, 5.74) is 0.430. The van der Waals surface area contributed by atoms with E-state index < -0.39 is 17.6 Å². The van der Waals surface area contributed by atoms with Crippen LogP contribution < -0.4 is 10.6 Å². The number of rotatable bonds is 2. The molecule has 1 amide bonds. The molecule has 0 aromatic heterocycles. The van der Waals surface area contributed by atoms with E-state index in [1.807, 2.05) is 6.07 Å². The Bertz CT molecular complexity index is 550. The average Bonchev–Trinajstić information content (AvgIpc) is 3.18. The molecule has 1 aliphatic heterocycles. The van der Waals surface area contributed by atoms with Crippen molar-refractivity contribution < 1.29 is 18.0 Å². The number of benzene rings is 1. The molecule has 0 saturated heterocycles. The van der Waals surface area contributed by atoms with Crippen molar-refractivity contribution in [2.24, 2.45) is 0 Å². The Morgan fingerprint density at radius 1 is 1.25 bits per heavy atom. The standard InChI is InChI=1S/C14H15F3N2O/c15-14(16,17)13(4-5-13)19-12(20)10-2-1-9-3-6-18-8-11(9)7-10/h1-2,7,18H,3-6,8H2,(H,19,20). The van der Waals surface area contributed by atoms with Crippen molar-refractivity contribution in [3.63, 3.8) is 0 Å². The zero-order valence-corrected chi connectivity index (χ0v) is 10.8. The summed E-state index contributed by atoms with van der Waals surface area (Å²) in [7, 11) is 0. The smallest absolute Gasteiger partial charge is 0.338 e. The zero-order valence-electron chi connectivity index (χ0n) is 10.8. The fraction of sp³-hybridized carbons (Fsp3) is 0.500. The molecule has 0 radical (unpaired) electrons. The Hall–Kier alpha value is -1.56.